The van der Waals surface area contributed by atoms with Gasteiger partial charge in [0.05, 0.1) is 5.69 Å². The average Bonchev–Trinajstić information content (AvgIpc) is 2.16. The maximum Gasteiger partial charge on any atom is 0.303 e. The number of rotatable bonds is 2. The second kappa shape index (κ2) is 7.39. The van der Waals surface area contributed by atoms with E-state index in [1.807, 2.05) is 19.1 Å². The zero-order valence-electron chi connectivity index (χ0n) is 9.56. The highest BCUT2D eigenvalue weighted by atomic mass is 16.5. The summed E-state index contributed by atoms with van der Waals surface area (Å²) in [6.07, 6.45) is 1.75. The van der Waals surface area contributed by atoms with Crippen LogP contribution in [0.5, 0.6) is 0 Å². The fraction of sp³-hybridized carbons (Fsp3) is 0.364. The molecule has 0 aromatic carbocycles. The third-order valence-corrected chi connectivity index (χ3v) is 1.40. The van der Waals surface area contributed by atoms with Gasteiger partial charge in [-0.05, 0) is 18.6 Å². The second-order valence-electron chi connectivity index (χ2n) is 3.13. The van der Waals surface area contributed by atoms with Crippen LogP contribution >= 0.6 is 0 Å². The van der Waals surface area contributed by atoms with Gasteiger partial charge in [0, 0.05) is 20.0 Å². The molecule has 5 nitrogen and oxygen atoms in total. The summed E-state index contributed by atoms with van der Waals surface area (Å²) in [5.74, 6) is -1.11. The molecule has 0 atom stereocenters. The van der Waals surface area contributed by atoms with Crippen molar-refractivity contribution in [3.63, 3.8) is 0 Å². The van der Waals surface area contributed by atoms with Crippen molar-refractivity contribution in [2.45, 2.75) is 27.4 Å². The Hall–Kier alpha value is -1.91. The molecule has 1 rings (SSSR count). The van der Waals surface area contributed by atoms with Crippen LogP contribution in [0.4, 0.5) is 0 Å². The third-order valence-electron chi connectivity index (χ3n) is 1.40. The van der Waals surface area contributed by atoms with E-state index in [2.05, 4.69) is 4.98 Å². The van der Waals surface area contributed by atoms with Crippen LogP contribution in [-0.4, -0.2) is 22.0 Å². The molecule has 0 aliphatic rings. The molecule has 0 saturated heterocycles. The number of aryl methyl sites for hydroxylation is 1. The summed E-state index contributed by atoms with van der Waals surface area (Å²) in [4.78, 5) is 23.5. The van der Waals surface area contributed by atoms with Crippen molar-refractivity contribution in [2.75, 3.05) is 0 Å². The first kappa shape index (κ1) is 14.1. The van der Waals surface area contributed by atoms with E-state index in [1.54, 1.807) is 6.20 Å². The minimum Gasteiger partial charge on any atom is -0.481 e. The fourth-order valence-corrected chi connectivity index (χ4v) is 0.759. The summed E-state index contributed by atoms with van der Waals surface area (Å²) < 4.78 is 4.77. The van der Waals surface area contributed by atoms with Gasteiger partial charge in [-0.15, -0.1) is 0 Å². The molecule has 0 fully saturated rings. The Labute approximate surface area is 94.1 Å². The molecule has 1 aromatic heterocycles. The number of carbonyl (C=O) groups excluding carboxylic acids is 1. The lowest BCUT2D eigenvalue weighted by Crippen LogP contribution is -2.00. The minimum absolute atomic E-state index is 0.260. The molecule has 0 radical (unpaired) electrons. The number of aromatic nitrogens is 1. The van der Waals surface area contributed by atoms with Crippen LogP contribution in [0.2, 0.25) is 0 Å². The van der Waals surface area contributed by atoms with E-state index < -0.39 is 5.97 Å². The van der Waals surface area contributed by atoms with Gasteiger partial charge in [0.25, 0.3) is 5.97 Å². The number of hydrogen-bond acceptors (Lipinski definition) is 4. The highest BCUT2D eigenvalue weighted by molar-refractivity contribution is 5.65. The van der Waals surface area contributed by atoms with Gasteiger partial charge in [-0.2, -0.15) is 0 Å². The van der Waals surface area contributed by atoms with Gasteiger partial charge in [-0.25, -0.2) is 0 Å². The van der Waals surface area contributed by atoms with E-state index >= 15 is 0 Å². The predicted molar refractivity (Wildman–Crippen MR) is 57.8 cm³/mol. The molecular formula is C11H15NO4. The number of carboxylic acids is 1. The number of hydrogen-bond donors (Lipinski definition) is 1. The third kappa shape index (κ3) is 8.68. The summed E-state index contributed by atoms with van der Waals surface area (Å²) in [5.41, 5.74) is 1.87. The maximum atomic E-state index is 10.4. The van der Waals surface area contributed by atoms with Crippen molar-refractivity contribution in [3.05, 3.63) is 29.6 Å². The maximum absolute atomic E-state index is 10.4. The number of nitrogens with zero attached hydrogens (tertiary/aromatic N) is 1. The van der Waals surface area contributed by atoms with Crippen LogP contribution in [0.15, 0.2) is 18.3 Å². The lowest BCUT2D eigenvalue weighted by Gasteiger charge is -2.00. The van der Waals surface area contributed by atoms with Gasteiger partial charge in [0.2, 0.25) is 0 Å². The number of pyridine rings is 1. The quantitative estimate of drug-likeness (QED) is 0.772. The second-order valence-corrected chi connectivity index (χ2v) is 3.13. The fourth-order valence-electron chi connectivity index (χ4n) is 0.759. The standard InChI is InChI=1S/C9H11NO2.C2H4O2/c1-7-3-4-9(10-5-7)6-12-8(2)11;1-2(3)4/h3-5H,6H2,1-2H3;1H3,(H,3,4). The smallest absolute Gasteiger partial charge is 0.303 e. The molecule has 88 valence electrons. The Morgan fingerprint density at radius 2 is 1.94 bits per heavy atom. The van der Waals surface area contributed by atoms with Crippen molar-refractivity contribution in [3.8, 4) is 0 Å². The molecule has 0 bridgehead atoms. The van der Waals surface area contributed by atoms with Gasteiger partial charge in [-0.3, -0.25) is 14.6 Å². The molecule has 1 aromatic rings. The van der Waals surface area contributed by atoms with E-state index in [0.717, 1.165) is 18.2 Å². The SMILES string of the molecule is CC(=O)O.CC(=O)OCc1ccc(C)cn1. The summed E-state index contributed by atoms with van der Waals surface area (Å²) in [5, 5.41) is 7.42. The first-order valence-electron chi connectivity index (χ1n) is 4.66. The highest BCUT2D eigenvalue weighted by Crippen LogP contribution is 1.99. The van der Waals surface area contributed by atoms with Crippen LogP contribution in [-0.2, 0) is 20.9 Å². The Bertz CT molecular complexity index is 342. The zero-order valence-corrected chi connectivity index (χ0v) is 9.56. The lowest BCUT2D eigenvalue weighted by molar-refractivity contribution is -0.142. The first-order valence-corrected chi connectivity index (χ1v) is 4.66. The average molecular weight is 225 g/mol. The van der Waals surface area contributed by atoms with Crippen LogP contribution in [0, 0.1) is 6.92 Å². The number of ether oxygens (including phenoxy) is 1. The lowest BCUT2D eigenvalue weighted by atomic mass is 10.3. The summed E-state index contributed by atoms with van der Waals surface area (Å²) in [6.45, 7) is 4.69. The Morgan fingerprint density at radius 3 is 2.31 bits per heavy atom. The highest BCUT2D eigenvalue weighted by Gasteiger charge is 1.96. The van der Waals surface area contributed by atoms with Gasteiger partial charge in [0.15, 0.2) is 0 Å². The predicted octanol–water partition coefficient (Wildman–Crippen LogP) is 1.54. The largest absolute Gasteiger partial charge is 0.481 e. The van der Waals surface area contributed by atoms with Crippen LogP contribution < -0.4 is 0 Å². The van der Waals surface area contributed by atoms with Crippen molar-refractivity contribution < 1.29 is 19.4 Å². The van der Waals surface area contributed by atoms with Crippen LogP contribution in [0.3, 0.4) is 0 Å². The Kier molecular flexibility index (Phi) is 6.51. The van der Waals surface area contributed by atoms with Crippen molar-refractivity contribution >= 4 is 11.9 Å². The topological polar surface area (TPSA) is 76.5 Å². The first-order chi connectivity index (χ1) is 7.41. The molecule has 0 saturated carbocycles. The molecule has 0 aliphatic heterocycles. The Morgan fingerprint density at radius 1 is 1.38 bits per heavy atom. The van der Waals surface area contributed by atoms with E-state index in [4.69, 9.17) is 14.6 Å². The van der Waals surface area contributed by atoms with Gasteiger partial charge >= 0.3 is 5.97 Å². The summed E-state index contributed by atoms with van der Waals surface area (Å²) in [6, 6.07) is 3.78. The molecule has 16 heavy (non-hydrogen) atoms. The van der Waals surface area contributed by atoms with Gasteiger partial charge in [0.1, 0.15) is 6.61 Å². The molecule has 1 N–H and O–H groups in total. The van der Waals surface area contributed by atoms with E-state index in [1.165, 1.54) is 6.92 Å². The molecular weight excluding hydrogens is 210 g/mol. The number of esters is 1. The molecule has 1 heterocycles. The monoisotopic (exact) mass is 225 g/mol. The zero-order chi connectivity index (χ0) is 12.6. The van der Waals surface area contributed by atoms with Crippen LogP contribution in [0.1, 0.15) is 25.1 Å². The minimum atomic E-state index is -0.833. The molecule has 0 unspecified atom stereocenters. The normalized spacial score (nSPS) is 8.69. The molecule has 0 amide bonds. The van der Waals surface area contributed by atoms with Gasteiger partial charge in [-0.1, -0.05) is 6.07 Å². The number of aliphatic carboxylic acids is 1. The Balaban J connectivity index is 0.000000487. The van der Waals surface area contributed by atoms with Gasteiger partial charge < -0.3 is 9.84 Å². The van der Waals surface area contributed by atoms with Crippen molar-refractivity contribution in [1.82, 2.24) is 4.98 Å². The van der Waals surface area contributed by atoms with E-state index in [9.17, 15) is 4.79 Å². The van der Waals surface area contributed by atoms with Crippen molar-refractivity contribution in [1.29, 1.82) is 0 Å². The summed E-state index contributed by atoms with van der Waals surface area (Å²) >= 11 is 0. The number of carbonyl (C=O) groups is 2. The number of carboxylic acid groups (broad SMARTS) is 1. The van der Waals surface area contributed by atoms with E-state index in [0.29, 0.717) is 0 Å². The van der Waals surface area contributed by atoms with E-state index in [-0.39, 0.29) is 12.6 Å². The molecule has 0 aliphatic carbocycles. The van der Waals surface area contributed by atoms with Crippen molar-refractivity contribution in [2.24, 2.45) is 0 Å². The molecule has 5 heteroatoms. The van der Waals surface area contributed by atoms with Crippen LogP contribution in [0.25, 0.3) is 0 Å². The summed E-state index contributed by atoms with van der Waals surface area (Å²) in [7, 11) is 0. The molecule has 0 spiro atoms.